The third-order valence-corrected chi connectivity index (χ3v) is 3.51. The highest BCUT2D eigenvalue weighted by Crippen LogP contribution is 2.29. The van der Waals surface area contributed by atoms with Crippen LogP contribution in [0.4, 0.5) is 19.0 Å². The van der Waals surface area contributed by atoms with Crippen molar-refractivity contribution in [3.63, 3.8) is 0 Å². The lowest BCUT2D eigenvalue weighted by atomic mass is 9.90. The maximum absolute atomic E-state index is 12.8. The summed E-state index contributed by atoms with van der Waals surface area (Å²) in [4.78, 5) is 6.93. The number of rotatable bonds is 5. The predicted molar refractivity (Wildman–Crippen MR) is 73.3 cm³/mol. The van der Waals surface area contributed by atoms with Crippen molar-refractivity contribution in [3.8, 4) is 5.88 Å². The second-order valence-corrected chi connectivity index (χ2v) is 5.26. The molecule has 2 rings (SSSR count). The highest BCUT2D eigenvalue weighted by atomic mass is 19.4. The maximum Gasteiger partial charge on any atom is 0.451 e. The molecule has 1 aromatic heterocycles. The minimum absolute atomic E-state index is 0.0150. The van der Waals surface area contributed by atoms with Gasteiger partial charge in [-0.05, 0) is 25.7 Å². The first-order valence-corrected chi connectivity index (χ1v) is 7.32. The van der Waals surface area contributed by atoms with Crippen LogP contribution in [0, 0.1) is 5.92 Å². The van der Waals surface area contributed by atoms with Gasteiger partial charge in [0.25, 0.3) is 0 Å². The van der Waals surface area contributed by atoms with Gasteiger partial charge in [-0.25, -0.2) is 4.98 Å². The van der Waals surface area contributed by atoms with Crippen molar-refractivity contribution in [1.82, 2.24) is 9.97 Å². The number of halogens is 3. The van der Waals surface area contributed by atoms with Crippen LogP contribution in [0.2, 0.25) is 0 Å². The molecule has 7 heteroatoms. The lowest BCUT2D eigenvalue weighted by Gasteiger charge is -2.21. The summed E-state index contributed by atoms with van der Waals surface area (Å²) in [5.74, 6) is -0.637. The van der Waals surface area contributed by atoms with E-state index >= 15 is 0 Å². The number of hydrogen-bond acceptors (Lipinski definition) is 4. The fourth-order valence-electron chi connectivity index (χ4n) is 2.45. The largest absolute Gasteiger partial charge is 0.477 e. The zero-order chi connectivity index (χ0) is 15.3. The van der Waals surface area contributed by atoms with E-state index in [1.165, 1.54) is 12.5 Å². The molecule has 0 amide bonds. The lowest BCUT2D eigenvalue weighted by molar-refractivity contribution is -0.145. The molecular formula is C14H20F3N3O. The summed E-state index contributed by atoms with van der Waals surface area (Å²) in [6, 6.07) is 1.42. The Labute approximate surface area is 122 Å². The highest BCUT2D eigenvalue weighted by molar-refractivity contribution is 5.38. The van der Waals surface area contributed by atoms with Gasteiger partial charge in [0.15, 0.2) is 0 Å². The van der Waals surface area contributed by atoms with Crippen LogP contribution in [0.3, 0.4) is 0 Å². The van der Waals surface area contributed by atoms with Crippen molar-refractivity contribution in [2.24, 2.45) is 5.92 Å². The molecule has 0 bridgehead atoms. The van der Waals surface area contributed by atoms with Gasteiger partial charge >= 0.3 is 6.18 Å². The summed E-state index contributed by atoms with van der Waals surface area (Å²) >= 11 is 0. The van der Waals surface area contributed by atoms with Crippen LogP contribution < -0.4 is 10.1 Å². The van der Waals surface area contributed by atoms with Crippen molar-refractivity contribution in [3.05, 3.63) is 11.9 Å². The molecule has 4 nitrogen and oxygen atoms in total. The number of nitrogens with zero attached hydrogens (tertiary/aromatic N) is 2. The standard InChI is InChI=1S/C14H20F3N3O/c1-2-18-11-8-12(20-13(19-11)14(15,16)17)21-9-10-6-4-3-5-7-10/h8,10H,2-7,9H2,1H3,(H,18,19,20). The normalized spacial score (nSPS) is 16.8. The third kappa shape index (κ3) is 4.75. The van der Waals surface area contributed by atoms with Crippen LogP contribution in [0.15, 0.2) is 6.07 Å². The molecule has 0 aliphatic heterocycles. The fraction of sp³-hybridized carbons (Fsp3) is 0.714. The Balaban J connectivity index is 2.07. The summed E-state index contributed by atoms with van der Waals surface area (Å²) in [5.41, 5.74) is 0. The molecule has 1 aromatic rings. The monoisotopic (exact) mass is 303 g/mol. The van der Waals surface area contributed by atoms with Crippen LogP contribution in [-0.2, 0) is 6.18 Å². The molecule has 118 valence electrons. The van der Waals surface area contributed by atoms with Gasteiger partial charge < -0.3 is 10.1 Å². The Morgan fingerprint density at radius 1 is 1.24 bits per heavy atom. The van der Waals surface area contributed by atoms with Crippen molar-refractivity contribution in [2.45, 2.75) is 45.2 Å². The second kappa shape index (κ2) is 6.95. The van der Waals surface area contributed by atoms with E-state index in [-0.39, 0.29) is 11.7 Å². The lowest BCUT2D eigenvalue weighted by Crippen LogP contribution is -2.18. The van der Waals surface area contributed by atoms with Gasteiger partial charge in [0.2, 0.25) is 11.7 Å². The van der Waals surface area contributed by atoms with Gasteiger partial charge in [-0.15, -0.1) is 0 Å². The Hall–Kier alpha value is -1.53. The number of alkyl halides is 3. The minimum atomic E-state index is -4.58. The van der Waals surface area contributed by atoms with Gasteiger partial charge in [-0.2, -0.15) is 18.2 Å². The van der Waals surface area contributed by atoms with E-state index in [4.69, 9.17) is 4.74 Å². The van der Waals surface area contributed by atoms with E-state index in [0.29, 0.717) is 19.1 Å². The van der Waals surface area contributed by atoms with Crippen molar-refractivity contribution < 1.29 is 17.9 Å². The SMILES string of the molecule is CCNc1cc(OCC2CCCCC2)nc(C(F)(F)F)n1. The van der Waals surface area contributed by atoms with Crippen molar-refractivity contribution >= 4 is 5.82 Å². The number of nitrogens with one attached hydrogen (secondary N) is 1. The minimum Gasteiger partial charge on any atom is -0.477 e. The number of ether oxygens (including phenoxy) is 1. The third-order valence-electron chi connectivity index (χ3n) is 3.51. The molecule has 1 fully saturated rings. The highest BCUT2D eigenvalue weighted by Gasteiger charge is 2.35. The van der Waals surface area contributed by atoms with Gasteiger partial charge in [0, 0.05) is 12.6 Å². The zero-order valence-corrected chi connectivity index (χ0v) is 12.0. The van der Waals surface area contributed by atoms with Gasteiger partial charge in [0.1, 0.15) is 5.82 Å². The van der Waals surface area contributed by atoms with E-state index in [9.17, 15) is 13.2 Å². The van der Waals surface area contributed by atoms with Crippen LogP contribution >= 0.6 is 0 Å². The molecule has 1 saturated carbocycles. The summed E-state index contributed by atoms with van der Waals surface area (Å²) in [7, 11) is 0. The van der Waals surface area contributed by atoms with E-state index in [2.05, 4.69) is 15.3 Å². The van der Waals surface area contributed by atoms with Crippen LogP contribution in [0.1, 0.15) is 44.9 Å². The molecule has 0 spiro atoms. The first kappa shape index (κ1) is 15.9. The molecule has 1 aliphatic rings. The topological polar surface area (TPSA) is 47.0 Å². The zero-order valence-electron chi connectivity index (χ0n) is 12.0. The predicted octanol–water partition coefficient (Wildman–Crippen LogP) is 3.89. The Kier molecular flexibility index (Phi) is 5.25. The van der Waals surface area contributed by atoms with Crippen molar-refractivity contribution in [2.75, 3.05) is 18.5 Å². The molecule has 0 radical (unpaired) electrons. The smallest absolute Gasteiger partial charge is 0.451 e. The Morgan fingerprint density at radius 3 is 2.57 bits per heavy atom. The van der Waals surface area contributed by atoms with E-state index in [1.807, 2.05) is 0 Å². The van der Waals surface area contributed by atoms with Crippen LogP contribution in [0.5, 0.6) is 5.88 Å². The van der Waals surface area contributed by atoms with Crippen LogP contribution in [-0.4, -0.2) is 23.1 Å². The number of aromatic nitrogens is 2. The van der Waals surface area contributed by atoms with Crippen molar-refractivity contribution in [1.29, 1.82) is 0 Å². The maximum atomic E-state index is 12.8. The molecule has 0 aromatic carbocycles. The average Bonchev–Trinajstić information content (AvgIpc) is 2.45. The molecule has 21 heavy (non-hydrogen) atoms. The molecular weight excluding hydrogens is 283 g/mol. The molecule has 1 heterocycles. The first-order valence-electron chi connectivity index (χ1n) is 7.32. The number of anilines is 1. The van der Waals surface area contributed by atoms with Gasteiger partial charge in [-0.3, -0.25) is 0 Å². The Morgan fingerprint density at radius 2 is 1.95 bits per heavy atom. The molecule has 1 N–H and O–H groups in total. The molecule has 0 unspecified atom stereocenters. The summed E-state index contributed by atoms with van der Waals surface area (Å²) in [5, 5.41) is 2.77. The van der Waals surface area contributed by atoms with E-state index in [1.54, 1.807) is 6.92 Å². The van der Waals surface area contributed by atoms with Gasteiger partial charge in [-0.1, -0.05) is 19.3 Å². The molecule has 1 aliphatic carbocycles. The number of hydrogen-bond donors (Lipinski definition) is 1. The summed E-state index contributed by atoms with van der Waals surface area (Å²) in [6.07, 6.45) is 1.11. The average molecular weight is 303 g/mol. The quantitative estimate of drug-likeness (QED) is 0.896. The molecule has 0 saturated heterocycles. The summed E-state index contributed by atoms with van der Waals surface area (Å²) in [6.45, 7) is 2.69. The van der Waals surface area contributed by atoms with E-state index in [0.717, 1.165) is 25.7 Å². The summed E-state index contributed by atoms with van der Waals surface area (Å²) < 4.78 is 43.8. The molecule has 0 atom stereocenters. The van der Waals surface area contributed by atoms with Crippen LogP contribution in [0.25, 0.3) is 0 Å². The Bertz CT molecular complexity index is 459. The first-order chi connectivity index (χ1) is 9.99. The van der Waals surface area contributed by atoms with E-state index < -0.39 is 12.0 Å². The van der Waals surface area contributed by atoms with Gasteiger partial charge in [0.05, 0.1) is 6.61 Å². The fourth-order valence-corrected chi connectivity index (χ4v) is 2.45. The second-order valence-electron chi connectivity index (χ2n) is 5.26.